The number of hydrogen-bond donors (Lipinski definition) is 0. The molecule has 0 aliphatic rings. The second kappa shape index (κ2) is 16.2. The third kappa shape index (κ3) is 7.06. The molecule has 0 amide bonds. The maximum Gasteiger partial charge on any atom is 0.160 e. The molecule has 2 heterocycles. The summed E-state index contributed by atoms with van der Waals surface area (Å²) in [6.45, 7) is 0. The fraction of sp³-hybridized carbons (Fsp3) is 0. The fourth-order valence-corrected chi connectivity index (χ4v) is 9.40. The van der Waals surface area contributed by atoms with Crippen molar-refractivity contribution < 1.29 is 0 Å². The van der Waals surface area contributed by atoms with Crippen molar-refractivity contribution in [3.05, 3.63) is 249 Å². The minimum absolute atomic E-state index is 0.690. The summed E-state index contributed by atoms with van der Waals surface area (Å²) in [4.78, 5) is 10.4. The van der Waals surface area contributed by atoms with Crippen LogP contribution in [-0.4, -0.2) is 14.5 Å². The van der Waals surface area contributed by atoms with Crippen LogP contribution in [0.4, 0.5) is 0 Å². The molecule has 0 saturated heterocycles. The van der Waals surface area contributed by atoms with Gasteiger partial charge in [0.25, 0.3) is 0 Å². The SMILES string of the molecule is c1ccc(-c2cccc(-c3cc(-c4ccccc4)nc(-c4ccc(-c5ccc(-n6c7ccc(-c8ccccc8)cc7c7cc(-c8ccccc8)ccc76)c6ccccc56)cc4)n3)c2)cc1. The van der Waals surface area contributed by atoms with E-state index in [1.165, 1.54) is 66.0 Å². The van der Waals surface area contributed by atoms with E-state index in [-0.39, 0.29) is 0 Å². The van der Waals surface area contributed by atoms with E-state index in [9.17, 15) is 0 Å². The number of rotatable bonds is 8. The smallest absolute Gasteiger partial charge is 0.160 e. The van der Waals surface area contributed by atoms with Crippen molar-refractivity contribution in [1.82, 2.24) is 14.5 Å². The lowest BCUT2D eigenvalue weighted by Gasteiger charge is -2.15. The van der Waals surface area contributed by atoms with Crippen LogP contribution in [-0.2, 0) is 0 Å². The van der Waals surface area contributed by atoms with E-state index in [0.717, 1.165) is 44.9 Å². The van der Waals surface area contributed by atoms with Gasteiger partial charge in [-0.05, 0) is 92.4 Å². The summed E-state index contributed by atoms with van der Waals surface area (Å²) in [5.74, 6) is 0.690. The quantitative estimate of drug-likeness (QED) is 0.153. The fourth-order valence-electron chi connectivity index (χ4n) is 9.40. The Labute approximate surface area is 378 Å². The van der Waals surface area contributed by atoms with E-state index < -0.39 is 0 Å². The Morgan fingerprint density at radius 2 is 0.677 bits per heavy atom. The Balaban J connectivity index is 0.961. The van der Waals surface area contributed by atoms with Crippen molar-refractivity contribution in [2.75, 3.05) is 0 Å². The predicted molar refractivity (Wildman–Crippen MR) is 272 cm³/mol. The van der Waals surface area contributed by atoms with E-state index in [4.69, 9.17) is 9.97 Å². The molecule has 304 valence electrons. The molecule has 12 rings (SSSR count). The summed E-state index contributed by atoms with van der Waals surface area (Å²) >= 11 is 0. The van der Waals surface area contributed by atoms with E-state index in [1.807, 2.05) is 6.07 Å². The number of benzene rings is 10. The van der Waals surface area contributed by atoms with Gasteiger partial charge in [0.2, 0.25) is 0 Å². The van der Waals surface area contributed by atoms with Crippen molar-refractivity contribution in [2.24, 2.45) is 0 Å². The van der Waals surface area contributed by atoms with Crippen LogP contribution in [0.3, 0.4) is 0 Å². The zero-order valence-electron chi connectivity index (χ0n) is 35.5. The maximum atomic E-state index is 5.21. The highest BCUT2D eigenvalue weighted by Crippen LogP contribution is 2.41. The molecule has 0 saturated carbocycles. The van der Waals surface area contributed by atoms with Crippen LogP contribution in [0.5, 0.6) is 0 Å². The second-order valence-corrected chi connectivity index (χ2v) is 16.6. The Hall–Kier alpha value is -8.66. The summed E-state index contributed by atoms with van der Waals surface area (Å²) < 4.78 is 2.45. The Kier molecular flexibility index (Phi) is 9.50. The van der Waals surface area contributed by atoms with Crippen molar-refractivity contribution in [2.45, 2.75) is 0 Å². The highest BCUT2D eigenvalue weighted by Gasteiger charge is 2.18. The lowest BCUT2D eigenvalue weighted by Crippen LogP contribution is -1.97. The van der Waals surface area contributed by atoms with Gasteiger partial charge in [-0.1, -0.05) is 206 Å². The van der Waals surface area contributed by atoms with Gasteiger partial charge in [0.05, 0.1) is 28.1 Å². The third-order valence-electron chi connectivity index (χ3n) is 12.6. The van der Waals surface area contributed by atoms with E-state index in [1.54, 1.807) is 0 Å². The molecule has 0 spiro atoms. The molecule has 0 atom stereocenters. The predicted octanol–water partition coefficient (Wildman–Crippen LogP) is 16.4. The molecule has 0 N–H and O–H groups in total. The number of nitrogens with zero attached hydrogens (tertiary/aromatic N) is 3. The molecular weight excluding hydrogens is 787 g/mol. The molecule has 0 bridgehead atoms. The molecule has 12 aromatic rings. The molecule has 10 aromatic carbocycles. The van der Waals surface area contributed by atoms with Crippen LogP contribution in [0.2, 0.25) is 0 Å². The molecule has 3 nitrogen and oxygen atoms in total. The maximum absolute atomic E-state index is 5.21. The number of fused-ring (bicyclic) bond motifs is 4. The molecule has 0 fully saturated rings. The first-order valence-corrected chi connectivity index (χ1v) is 22.1. The van der Waals surface area contributed by atoms with Crippen molar-refractivity contribution in [3.63, 3.8) is 0 Å². The third-order valence-corrected chi connectivity index (χ3v) is 12.6. The van der Waals surface area contributed by atoms with Crippen LogP contribution in [0, 0.1) is 0 Å². The first-order valence-electron chi connectivity index (χ1n) is 22.1. The van der Waals surface area contributed by atoms with E-state index in [2.05, 4.69) is 247 Å². The normalized spacial score (nSPS) is 11.4. The van der Waals surface area contributed by atoms with Crippen molar-refractivity contribution in [1.29, 1.82) is 0 Å². The number of aromatic nitrogens is 3. The van der Waals surface area contributed by atoms with Crippen LogP contribution < -0.4 is 0 Å². The molecular formula is C62H41N3. The van der Waals surface area contributed by atoms with Gasteiger partial charge in [-0.3, -0.25) is 0 Å². The Morgan fingerprint density at radius 1 is 0.246 bits per heavy atom. The topological polar surface area (TPSA) is 30.7 Å². The van der Waals surface area contributed by atoms with Gasteiger partial charge in [0, 0.05) is 32.8 Å². The minimum atomic E-state index is 0.690. The molecule has 65 heavy (non-hydrogen) atoms. The summed E-state index contributed by atoms with van der Waals surface area (Å²) in [6, 6.07) is 88.9. The summed E-state index contributed by atoms with van der Waals surface area (Å²) in [5.41, 5.74) is 17.8. The van der Waals surface area contributed by atoms with E-state index >= 15 is 0 Å². The van der Waals surface area contributed by atoms with Gasteiger partial charge < -0.3 is 4.57 Å². The Morgan fingerprint density at radius 3 is 1.25 bits per heavy atom. The first-order chi connectivity index (χ1) is 32.2. The van der Waals surface area contributed by atoms with Crippen LogP contribution in [0.1, 0.15) is 0 Å². The summed E-state index contributed by atoms with van der Waals surface area (Å²) in [5, 5.41) is 4.84. The van der Waals surface area contributed by atoms with Crippen molar-refractivity contribution in [3.8, 4) is 84.1 Å². The standard InChI is InChI=1S/C62H41N3/c1-5-16-42(17-6-1)48-24-15-25-51(38-48)58-41-57(46-22-11-4-12-23-46)63-62(64-58)47-30-28-45(29-31-47)52-34-37-59(54-27-14-13-26-53(52)54)65-60-35-32-49(43-18-7-2-8-19-43)39-55(60)56-40-50(33-36-61(56)65)44-20-9-3-10-21-44/h1-41H. The minimum Gasteiger partial charge on any atom is -0.309 e. The lowest BCUT2D eigenvalue weighted by atomic mass is 9.96. The van der Waals surface area contributed by atoms with Gasteiger partial charge in [0.1, 0.15) is 0 Å². The second-order valence-electron chi connectivity index (χ2n) is 16.6. The molecule has 0 unspecified atom stereocenters. The van der Waals surface area contributed by atoms with Gasteiger partial charge in [0.15, 0.2) is 5.82 Å². The molecule has 2 aromatic heterocycles. The lowest BCUT2D eigenvalue weighted by molar-refractivity contribution is 1.18. The van der Waals surface area contributed by atoms with Gasteiger partial charge in [-0.25, -0.2) is 9.97 Å². The largest absolute Gasteiger partial charge is 0.309 e. The van der Waals surface area contributed by atoms with Gasteiger partial charge in [-0.2, -0.15) is 0 Å². The Bertz CT molecular complexity index is 3570. The van der Waals surface area contributed by atoms with Gasteiger partial charge >= 0.3 is 0 Å². The molecule has 3 heteroatoms. The van der Waals surface area contributed by atoms with E-state index in [0.29, 0.717) is 5.82 Å². The zero-order valence-corrected chi connectivity index (χ0v) is 35.5. The average Bonchev–Trinajstić information content (AvgIpc) is 3.72. The van der Waals surface area contributed by atoms with Gasteiger partial charge in [-0.15, -0.1) is 0 Å². The monoisotopic (exact) mass is 827 g/mol. The number of hydrogen-bond acceptors (Lipinski definition) is 2. The summed E-state index contributed by atoms with van der Waals surface area (Å²) in [6.07, 6.45) is 0. The van der Waals surface area contributed by atoms with Crippen molar-refractivity contribution >= 4 is 32.6 Å². The van der Waals surface area contributed by atoms with Crippen LogP contribution in [0.25, 0.3) is 117 Å². The average molecular weight is 828 g/mol. The molecule has 0 aliphatic heterocycles. The molecule has 0 aliphatic carbocycles. The highest BCUT2D eigenvalue weighted by atomic mass is 15.0. The summed E-state index contributed by atoms with van der Waals surface area (Å²) in [7, 11) is 0. The van der Waals surface area contributed by atoms with Crippen LogP contribution >= 0.6 is 0 Å². The highest BCUT2D eigenvalue weighted by molar-refractivity contribution is 6.13. The van der Waals surface area contributed by atoms with Crippen LogP contribution in [0.15, 0.2) is 249 Å². The first kappa shape index (κ1) is 38.0. The molecule has 0 radical (unpaired) electrons. The zero-order chi connectivity index (χ0) is 43.1.